The van der Waals surface area contributed by atoms with E-state index in [-0.39, 0.29) is 0 Å². The van der Waals surface area contributed by atoms with Crippen LogP contribution in [-0.4, -0.2) is 25.2 Å². The van der Waals surface area contributed by atoms with Gasteiger partial charge in [-0.2, -0.15) is 0 Å². The molecule has 2 unspecified atom stereocenters. The van der Waals surface area contributed by atoms with Crippen LogP contribution in [0.4, 0.5) is 5.69 Å². The molecule has 1 aliphatic heterocycles. The SMILES string of the molecule is CC1CCN(c2cccc3ccccc23)CCC(C)N1. The molecule has 1 aliphatic rings. The Bertz CT molecular complexity index is 561. The molecule has 0 aromatic heterocycles. The Labute approximate surface area is 121 Å². The second-order valence-electron chi connectivity index (χ2n) is 6.03. The summed E-state index contributed by atoms with van der Waals surface area (Å²) in [6.45, 7) is 6.86. The third kappa shape index (κ3) is 2.80. The van der Waals surface area contributed by atoms with Crippen molar-refractivity contribution in [2.24, 2.45) is 0 Å². The lowest BCUT2D eigenvalue weighted by atomic mass is 10.0. The zero-order valence-electron chi connectivity index (χ0n) is 12.5. The Kier molecular flexibility index (Phi) is 3.93. The fourth-order valence-electron chi connectivity index (χ4n) is 3.19. The summed E-state index contributed by atoms with van der Waals surface area (Å²) in [5.74, 6) is 0. The number of benzene rings is 2. The molecule has 0 amide bonds. The van der Waals surface area contributed by atoms with Crippen LogP contribution in [0, 0.1) is 0 Å². The smallest absolute Gasteiger partial charge is 0.0445 e. The summed E-state index contributed by atoms with van der Waals surface area (Å²) < 4.78 is 0. The Morgan fingerprint density at radius 3 is 2.30 bits per heavy atom. The molecule has 1 heterocycles. The van der Waals surface area contributed by atoms with Crippen LogP contribution in [0.25, 0.3) is 10.8 Å². The molecular weight excluding hydrogens is 244 g/mol. The maximum atomic E-state index is 3.66. The minimum Gasteiger partial charge on any atom is -0.371 e. The molecule has 1 fully saturated rings. The molecule has 0 saturated carbocycles. The topological polar surface area (TPSA) is 15.3 Å². The number of rotatable bonds is 1. The minimum absolute atomic E-state index is 0.600. The van der Waals surface area contributed by atoms with E-state index in [1.807, 2.05) is 0 Å². The Hall–Kier alpha value is -1.54. The molecule has 2 nitrogen and oxygen atoms in total. The van der Waals surface area contributed by atoms with Gasteiger partial charge < -0.3 is 10.2 Å². The molecule has 2 atom stereocenters. The maximum absolute atomic E-state index is 3.66. The summed E-state index contributed by atoms with van der Waals surface area (Å²) in [4.78, 5) is 2.57. The first-order valence-electron chi connectivity index (χ1n) is 7.73. The molecule has 0 radical (unpaired) electrons. The third-order valence-electron chi connectivity index (χ3n) is 4.34. The van der Waals surface area contributed by atoms with Gasteiger partial charge in [-0.05, 0) is 38.1 Å². The van der Waals surface area contributed by atoms with Crippen molar-refractivity contribution in [2.45, 2.75) is 38.8 Å². The number of fused-ring (bicyclic) bond motifs is 1. The monoisotopic (exact) mass is 268 g/mol. The van der Waals surface area contributed by atoms with Gasteiger partial charge in [0.15, 0.2) is 0 Å². The van der Waals surface area contributed by atoms with Crippen molar-refractivity contribution in [3.8, 4) is 0 Å². The van der Waals surface area contributed by atoms with Crippen molar-refractivity contribution in [3.63, 3.8) is 0 Å². The molecule has 1 saturated heterocycles. The first-order valence-corrected chi connectivity index (χ1v) is 7.73. The van der Waals surface area contributed by atoms with Crippen LogP contribution in [0.2, 0.25) is 0 Å². The van der Waals surface area contributed by atoms with E-state index in [0.29, 0.717) is 12.1 Å². The number of nitrogens with one attached hydrogen (secondary N) is 1. The number of anilines is 1. The average molecular weight is 268 g/mol. The van der Waals surface area contributed by atoms with Gasteiger partial charge in [-0.15, -0.1) is 0 Å². The van der Waals surface area contributed by atoms with Gasteiger partial charge in [-0.1, -0.05) is 36.4 Å². The lowest BCUT2D eigenvalue weighted by molar-refractivity contribution is 0.404. The highest BCUT2D eigenvalue weighted by Gasteiger charge is 2.17. The predicted octanol–water partition coefficient (Wildman–Crippen LogP) is 3.81. The summed E-state index contributed by atoms with van der Waals surface area (Å²) in [5, 5.41) is 6.38. The van der Waals surface area contributed by atoms with Gasteiger partial charge in [0.1, 0.15) is 0 Å². The zero-order chi connectivity index (χ0) is 13.9. The van der Waals surface area contributed by atoms with Crippen LogP contribution in [0.3, 0.4) is 0 Å². The van der Waals surface area contributed by atoms with Crippen LogP contribution < -0.4 is 10.2 Å². The Balaban J connectivity index is 1.93. The van der Waals surface area contributed by atoms with Crippen molar-refractivity contribution in [1.29, 1.82) is 0 Å². The van der Waals surface area contributed by atoms with Crippen molar-refractivity contribution in [1.82, 2.24) is 5.32 Å². The van der Waals surface area contributed by atoms with E-state index in [9.17, 15) is 0 Å². The Morgan fingerprint density at radius 1 is 0.900 bits per heavy atom. The first kappa shape index (κ1) is 13.4. The van der Waals surface area contributed by atoms with Crippen LogP contribution in [0.1, 0.15) is 26.7 Å². The third-order valence-corrected chi connectivity index (χ3v) is 4.34. The van der Waals surface area contributed by atoms with E-state index in [0.717, 1.165) is 13.1 Å². The van der Waals surface area contributed by atoms with Crippen LogP contribution in [-0.2, 0) is 0 Å². The molecule has 1 N–H and O–H groups in total. The van der Waals surface area contributed by atoms with E-state index in [1.54, 1.807) is 0 Å². The number of nitrogens with zero attached hydrogens (tertiary/aromatic N) is 1. The second kappa shape index (κ2) is 5.84. The molecule has 0 bridgehead atoms. The molecule has 0 spiro atoms. The van der Waals surface area contributed by atoms with Crippen molar-refractivity contribution < 1.29 is 0 Å². The highest BCUT2D eigenvalue weighted by atomic mass is 15.1. The van der Waals surface area contributed by atoms with Crippen LogP contribution >= 0.6 is 0 Å². The normalized spacial score (nSPS) is 24.4. The van der Waals surface area contributed by atoms with Gasteiger partial charge in [-0.25, -0.2) is 0 Å². The summed E-state index contributed by atoms with van der Waals surface area (Å²) in [5.41, 5.74) is 1.39. The lowest BCUT2D eigenvalue weighted by Crippen LogP contribution is -2.43. The number of hydrogen-bond acceptors (Lipinski definition) is 2. The van der Waals surface area contributed by atoms with E-state index < -0.39 is 0 Å². The predicted molar refractivity (Wildman–Crippen MR) is 87.5 cm³/mol. The van der Waals surface area contributed by atoms with E-state index in [2.05, 4.69) is 66.5 Å². The van der Waals surface area contributed by atoms with Crippen molar-refractivity contribution >= 4 is 16.5 Å². The summed E-state index contributed by atoms with van der Waals surface area (Å²) >= 11 is 0. The van der Waals surface area contributed by atoms with Gasteiger partial charge in [0.2, 0.25) is 0 Å². The fourth-order valence-corrected chi connectivity index (χ4v) is 3.19. The second-order valence-corrected chi connectivity index (χ2v) is 6.03. The zero-order valence-corrected chi connectivity index (χ0v) is 12.5. The molecule has 2 aromatic rings. The Morgan fingerprint density at radius 2 is 1.55 bits per heavy atom. The molecule has 106 valence electrons. The van der Waals surface area contributed by atoms with Gasteiger partial charge in [0.25, 0.3) is 0 Å². The van der Waals surface area contributed by atoms with Crippen LogP contribution in [0.15, 0.2) is 42.5 Å². The van der Waals surface area contributed by atoms with Gasteiger partial charge in [0, 0.05) is 36.2 Å². The summed E-state index contributed by atoms with van der Waals surface area (Å²) in [7, 11) is 0. The van der Waals surface area contributed by atoms with E-state index >= 15 is 0 Å². The van der Waals surface area contributed by atoms with E-state index in [4.69, 9.17) is 0 Å². The minimum atomic E-state index is 0.600. The number of hydrogen-bond donors (Lipinski definition) is 1. The van der Waals surface area contributed by atoms with E-state index in [1.165, 1.54) is 29.3 Å². The molecular formula is C18H24N2. The molecule has 2 heteroatoms. The summed E-state index contributed by atoms with van der Waals surface area (Å²) in [6.07, 6.45) is 2.40. The fraction of sp³-hybridized carbons (Fsp3) is 0.444. The average Bonchev–Trinajstić information content (AvgIpc) is 2.45. The molecule has 0 aliphatic carbocycles. The molecule has 2 aromatic carbocycles. The van der Waals surface area contributed by atoms with Gasteiger partial charge in [-0.3, -0.25) is 0 Å². The maximum Gasteiger partial charge on any atom is 0.0445 e. The standard InChI is InChI=1S/C18H24N2/c1-14-10-12-20(13-11-15(2)19-14)18-9-5-7-16-6-3-4-8-17(16)18/h3-9,14-15,19H,10-13H2,1-2H3. The highest BCUT2D eigenvalue weighted by molar-refractivity contribution is 5.94. The largest absolute Gasteiger partial charge is 0.371 e. The lowest BCUT2D eigenvalue weighted by Gasteiger charge is -2.33. The molecule has 3 rings (SSSR count). The summed E-state index contributed by atoms with van der Waals surface area (Å²) in [6, 6.07) is 16.6. The van der Waals surface area contributed by atoms with Crippen molar-refractivity contribution in [3.05, 3.63) is 42.5 Å². The van der Waals surface area contributed by atoms with Crippen molar-refractivity contribution in [2.75, 3.05) is 18.0 Å². The molecule has 20 heavy (non-hydrogen) atoms. The van der Waals surface area contributed by atoms with Crippen LogP contribution in [0.5, 0.6) is 0 Å². The quantitative estimate of drug-likeness (QED) is 0.846. The first-order chi connectivity index (χ1) is 9.74. The highest BCUT2D eigenvalue weighted by Crippen LogP contribution is 2.27. The van der Waals surface area contributed by atoms with Gasteiger partial charge >= 0.3 is 0 Å². The van der Waals surface area contributed by atoms with Gasteiger partial charge in [0.05, 0.1) is 0 Å².